The van der Waals surface area contributed by atoms with Gasteiger partial charge in [-0.25, -0.2) is 0 Å². The van der Waals surface area contributed by atoms with Crippen molar-refractivity contribution in [2.75, 3.05) is 0 Å². The number of rotatable bonds is 25. The highest BCUT2D eigenvalue weighted by Gasteiger charge is 2.13. The van der Waals surface area contributed by atoms with Gasteiger partial charge in [0.1, 0.15) is 18.4 Å². The number of unbranched alkanes of at least 4 members (excludes halogenated alkanes) is 16. The Labute approximate surface area is 213 Å². The van der Waals surface area contributed by atoms with E-state index in [1.807, 2.05) is 24.3 Å². The topological polar surface area (TPSA) is 68.3 Å². The van der Waals surface area contributed by atoms with E-state index in [9.17, 15) is 19.2 Å². The third-order valence-electron chi connectivity index (χ3n) is 6.71. The molecule has 0 fully saturated rings. The number of benzene rings is 1. The molecule has 0 aromatic heterocycles. The molecule has 0 radical (unpaired) electrons. The minimum Gasteiger partial charge on any atom is -0.303 e. The van der Waals surface area contributed by atoms with Crippen LogP contribution in [0.25, 0.3) is 0 Å². The van der Waals surface area contributed by atoms with E-state index in [0.29, 0.717) is 32.1 Å². The highest BCUT2D eigenvalue weighted by atomic mass is 16.1. The van der Waals surface area contributed by atoms with Crippen molar-refractivity contribution in [1.82, 2.24) is 0 Å². The Morgan fingerprint density at radius 1 is 0.543 bits per heavy atom. The lowest BCUT2D eigenvalue weighted by molar-refractivity contribution is -0.118. The van der Waals surface area contributed by atoms with Gasteiger partial charge in [0.05, 0.1) is 0 Å². The summed E-state index contributed by atoms with van der Waals surface area (Å²) in [6.45, 7) is 0. The lowest BCUT2D eigenvalue weighted by Crippen LogP contribution is -2.09. The Kier molecular flexibility index (Phi) is 19.8. The molecule has 0 saturated carbocycles. The molecule has 0 heterocycles. The van der Waals surface area contributed by atoms with Crippen LogP contribution in [0.2, 0.25) is 0 Å². The fraction of sp³-hybridized carbons (Fsp3) is 0.677. The molecule has 0 unspecified atom stereocenters. The predicted octanol–water partition coefficient (Wildman–Crippen LogP) is 8.18. The molecule has 1 aromatic rings. The zero-order chi connectivity index (χ0) is 25.4. The summed E-state index contributed by atoms with van der Waals surface area (Å²) in [6.07, 6.45) is 22.7. The van der Waals surface area contributed by atoms with E-state index in [2.05, 4.69) is 0 Å². The van der Waals surface area contributed by atoms with Crippen molar-refractivity contribution in [3.8, 4) is 0 Å². The van der Waals surface area contributed by atoms with E-state index in [-0.39, 0.29) is 11.6 Å². The first-order valence-electron chi connectivity index (χ1n) is 14.2. The second-order valence-electron chi connectivity index (χ2n) is 9.86. The van der Waals surface area contributed by atoms with Crippen LogP contribution in [0.15, 0.2) is 24.3 Å². The van der Waals surface area contributed by atoms with Crippen molar-refractivity contribution in [3.05, 3.63) is 35.4 Å². The van der Waals surface area contributed by atoms with Gasteiger partial charge in [0.15, 0.2) is 5.78 Å². The maximum absolute atomic E-state index is 12.8. The van der Waals surface area contributed by atoms with Gasteiger partial charge in [-0.3, -0.25) is 9.59 Å². The van der Waals surface area contributed by atoms with Crippen LogP contribution in [0.5, 0.6) is 0 Å². The number of carbonyl (C=O) groups excluding carboxylic acids is 4. The van der Waals surface area contributed by atoms with Crippen LogP contribution in [-0.4, -0.2) is 24.1 Å². The summed E-state index contributed by atoms with van der Waals surface area (Å²) in [5.41, 5.74) is 1.61. The summed E-state index contributed by atoms with van der Waals surface area (Å²) >= 11 is 0. The standard InChI is InChI=1S/C31H48O4/c32-25-19-13-9-5-1-3-7-11-15-22-29(34)27-28-21-17-18-23-30(28)31(35)24-16-12-8-4-2-6-10-14-20-26-33/h17-18,21,23,25-26H,1-16,19-20,22,24,27H2. The monoisotopic (exact) mass is 484 g/mol. The molecule has 0 N–H and O–H groups in total. The van der Waals surface area contributed by atoms with Gasteiger partial charge >= 0.3 is 0 Å². The van der Waals surface area contributed by atoms with E-state index in [1.165, 1.54) is 38.5 Å². The molecule has 0 aliphatic rings. The molecule has 0 spiro atoms. The molecule has 0 aliphatic carbocycles. The van der Waals surface area contributed by atoms with Gasteiger partial charge in [0.2, 0.25) is 0 Å². The zero-order valence-electron chi connectivity index (χ0n) is 21.9. The smallest absolute Gasteiger partial charge is 0.163 e. The summed E-state index contributed by atoms with van der Waals surface area (Å²) in [6, 6.07) is 7.62. The Hall–Kier alpha value is -2.10. The average Bonchev–Trinajstić information content (AvgIpc) is 2.86. The normalized spacial score (nSPS) is 10.9. The quantitative estimate of drug-likeness (QED) is 0.0797. The van der Waals surface area contributed by atoms with E-state index < -0.39 is 0 Å². The van der Waals surface area contributed by atoms with Crippen molar-refractivity contribution in [3.63, 3.8) is 0 Å². The van der Waals surface area contributed by atoms with Crippen molar-refractivity contribution in [1.29, 1.82) is 0 Å². The second-order valence-corrected chi connectivity index (χ2v) is 9.86. The van der Waals surface area contributed by atoms with Crippen LogP contribution >= 0.6 is 0 Å². The number of ketones is 2. The molecule has 0 bridgehead atoms. The highest BCUT2D eigenvalue weighted by Crippen LogP contribution is 2.17. The van der Waals surface area contributed by atoms with Gasteiger partial charge in [-0.2, -0.15) is 0 Å². The zero-order valence-corrected chi connectivity index (χ0v) is 21.9. The first-order valence-corrected chi connectivity index (χ1v) is 14.2. The van der Waals surface area contributed by atoms with Crippen molar-refractivity contribution in [2.45, 2.75) is 135 Å². The van der Waals surface area contributed by atoms with Crippen molar-refractivity contribution in [2.24, 2.45) is 0 Å². The van der Waals surface area contributed by atoms with Crippen molar-refractivity contribution >= 4 is 24.1 Å². The Balaban J connectivity index is 2.17. The Bertz CT molecular complexity index is 710. The van der Waals surface area contributed by atoms with Crippen LogP contribution < -0.4 is 0 Å². The lowest BCUT2D eigenvalue weighted by Gasteiger charge is -2.09. The molecule has 4 heteroatoms. The molecule has 0 saturated heterocycles. The SMILES string of the molecule is O=CCCCCCCCCCCC(=O)Cc1ccccc1C(=O)CCCCCCCCCCC=O. The first-order chi connectivity index (χ1) is 17.2. The molecular weight excluding hydrogens is 436 g/mol. The summed E-state index contributed by atoms with van der Waals surface area (Å²) in [5, 5.41) is 0. The third-order valence-corrected chi connectivity index (χ3v) is 6.71. The van der Waals surface area contributed by atoms with Gasteiger partial charge in [-0.1, -0.05) is 101 Å². The van der Waals surface area contributed by atoms with E-state index in [0.717, 1.165) is 87.9 Å². The van der Waals surface area contributed by atoms with Gasteiger partial charge in [0.25, 0.3) is 0 Å². The second kappa shape index (κ2) is 22.4. The van der Waals surface area contributed by atoms with Gasteiger partial charge < -0.3 is 9.59 Å². The molecular formula is C31H48O4. The minimum atomic E-state index is 0.162. The number of hydrogen-bond acceptors (Lipinski definition) is 4. The average molecular weight is 485 g/mol. The van der Waals surface area contributed by atoms with Gasteiger partial charge in [0, 0.05) is 37.7 Å². The van der Waals surface area contributed by atoms with Crippen LogP contribution in [0.4, 0.5) is 0 Å². The van der Waals surface area contributed by atoms with E-state index >= 15 is 0 Å². The maximum Gasteiger partial charge on any atom is 0.163 e. The number of hydrogen-bond donors (Lipinski definition) is 0. The predicted molar refractivity (Wildman–Crippen MR) is 144 cm³/mol. The first kappa shape index (κ1) is 30.9. The maximum atomic E-state index is 12.8. The molecule has 196 valence electrons. The van der Waals surface area contributed by atoms with Gasteiger partial charge in [-0.05, 0) is 31.2 Å². The molecule has 4 nitrogen and oxygen atoms in total. The fourth-order valence-electron chi connectivity index (χ4n) is 4.57. The number of aldehydes is 2. The van der Waals surface area contributed by atoms with E-state index in [4.69, 9.17) is 0 Å². The molecule has 0 atom stereocenters. The van der Waals surface area contributed by atoms with Crippen LogP contribution in [-0.2, 0) is 20.8 Å². The molecule has 1 rings (SSSR count). The fourth-order valence-corrected chi connectivity index (χ4v) is 4.57. The third kappa shape index (κ3) is 17.0. The van der Waals surface area contributed by atoms with Crippen molar-refractivity contribution < 1.29 is 19.2 Å². The Morgan fingerprint density at radius 3 is 1.49 bits per heavy atom. The van der Waals surface area contributed by atoms with Gasteiger partial charge in [-0.15, -0.1) is 0 Å². The number of Topliss-reactive ketones (excluding diaryl/α,β-unsaturated/α-hetero) is 2. The summed E-state index contributed by atoms with van der Waals surface area (Å²) < 4.78 is 0. The highest BCUT2D eigenvalue weighted by molar-refractivity contribution is 5.98. The summed E-state index contributed by atoms with van der Waals surface area (Å²) in [5.74, 6) is 0.391. The molecule has 0 aliphatic heterocycles. The summed E-state index contributed by atoms with van der Waals surface area (Å²) in [4.78, 5) is 45.9. The van der Waals surface area contributed by atoms with Crippen LogP contribution in [0.3, 0.4) is 0 Å². The molecule has 1 aromatic carbocycles. The largest absolute Gasteiger partial charge is 0.303 e. The van der Waals surface area contributed by atoms with E-state index in [1.54, 1.807) is 0 Å². The molecule has 35 heavy (non-hydrogen) atoms. The Morgan fingerprint density at radius 2 is 0.971 bits per heavy atom. The minimum absolute atomic E-state index is 0.162. The summed E-state index contributed by atoms with van der Waals surface area (Å²) in [7, 11) is 0. The molecule has 0 amide bonds. The van der Waals surface area contributed by atoms with Crippen LogP contribution in [0, 0.1) is 0 Å². The number of carbonyl (C=O) groups is 4. The van der Waals surface area contributed by atoms with Crippen LogP contribution in [0.1, 0.15) is 144 Å². The lowest BCUT2D eigenvalue weighted by atomic mass is 9.95.